The van der Waals surface area contributed by atoms with Crippen molar-refractivity contribution in [2.45, 2.75) is 24.8 Å². The molecule has 1 aliphatic rings. The third kappa shape index (κ3) is 3.65. The van der Waals surface area contributed by atoms with Crippen LogP contribution in [0.5, 0.6) is 0 Å². The zero-order chi connectivity index (χ0) is 18.7. The van der Waals surface area contributed by atoms with E-state index in [2.05, 4.69) is 0 Å². The Balaban J connectivity index is 1.91. The van der Waals surface area contributed by atoms with Crippen molar-refractivity contribution in [1.82, 2.24) is 4.31 Å². The molecule has 0 bridgehead atoms. The Bertz CT molecular complexity index is 897. The van der Waals surface area contributed by atoms with Gasteiger partial charge in [0.05, 0.1) is 11.5 Å². The zero-order valence-electron chi connectivity index (χ0n) is 14.6. The van der Waals surface area contributed by atoms with E-state index in [1.165, 1.54) is 17.3 Å². The lowest BCUT2D eigenvalue weighted by molar-refractivity contribution is -0.116. The van der Waals surface area contributed by atoms with Crippen LogP contribution in [0, 0.1) is 0 Å². The molecule has 0 spiro atoms. The molecule has 1 amide bonds. The van der Waals surface area contributed by atoms with Gasteiger partial charge in [-0.3, -0.25) is 4.79 Å². The summed E-state index contributed by atoms with van der Waals surface area (Å²) in [4.78, 5) is 13.5. The third-order valence-electron chi connectivity index (χ3n) is 4.52. The summed E-state index contributed by atoms with van der Waals surface area (Å²) in [5.41, 5.74) is 2.48. The molecule has 2 aromatic carbocycles. The number of sulfonamides is 1. The fraction of sp³-hybridized carbons (Fsp3) is 0.316. The number of anilines is 1. The predicted molar refractivity (Wildman–Crippen MR) is 99.3 cm³/mol. The number of aliphatic hydroxyl groups is 1. The molecular weight excluding hydrogens is 352 g/mol. The average molecular weight is 374 g/mol. The lowest BCUT2D eigenvalue weighted by Crippen LogP contribution is -2.33. The van der Waals surface area contributed by atoms with Crippen molar-refractivity contribution in [1.29, 1.82) is 0 Å². The summed E-state index contributed by atoms with van der Waals surface area (Å²) in [6, 6.07) is 14.1. The van der Waals surface area contributed by atoms with Crippen LogP contribution in [0.4, 0.5) is 5.69 Å². The topological polar surface area (TPSA) is 77.9 Å². The standard InChI is InChI=1S/C19H22N2O4S/c1-15(23)21-10-9-17-13-18(7-8-19(17)21)26(24,25)20(11-12-22)14-16-5-3-2-4-6-16/h2-8,13,22H,9-12,14H2,1H3. The molecule has 1 heterocycles. The highest BCUT2D eigenvalue weighted by molar-refractivity contribution is 7.89. The molecule has 3 rings (SSSR count). The number of rotatable bonds is 6. The van der Waals surface area contributed by atoms with Gasteiger partial charge in [-0.15, -0.1) is 0 Å². The van der Waals surface area contributed by atoms with Crippen LogP contribution in [-0.4, -0.2) is 43.4 Å². The second-order valence-electron chi connectivity index (χ2n) is 6.26. The molecule has 0 aromatic heterocycles. The molecule has 2 aromatic rings. The van der Waals surface area contributed by atoms with E-state index < -0.39 is 10.0 Å². The van der Waals surface area contributed by atoms with E-state index in [-0.39, 0.29) is 30.5 Å². The zero-order valence-corrected chi connectivity index (χ0v) is 15.4. The smallest absolute Gasteiger partial charge is 0.243 e. The van der Waals surface area contributed by atoms with Gasteiger partial charge in [0, 0.05) is 32.2 Å². The van der Waals surface area contributed by atoms with Crippen LogP contribution >= 0.6 is 0 Å². The molecule has 0 saturated carbocycles. The third-order valence-corrected chi connectivity index (χ3v) is 6.36. The summed E-state index contributed by atoms with van der Waals surface area (Å²) in [7, 11) is -3.75. The molecule has 1 aliphatic heterocycles. The van der Waals surface area contributed by atoms with Gasteiger partial charge in [-0.25, -0.2) is 8.42 Å². The Morgan fingerprint density at radius 2 is 1.92 bits per heavy atom. The number of hydrogen-bond acceptors (Lipinski definition) is 4. The van der Waals surface area contributed by atoms with Gasteiger partial charge in [0.2, 0.25) is 15.9 Å². The molecular formula is C19H22N2O4S. The van der Waals surface area contributed by atoms with Gasteiger partial charge in [-0.1, -0.05) is 30.3 Å². The van der Waals surface area contributed by atoms with E-state index in [1.54, 1.807) is 17.0 Å². The number of nitrogens with zero attached hydrogens (tertiary/aromatic N) is 2. The molecule has 0 saturated heterocycles. The monoisotopic (exact) mass is 374 g/mol. The average Bonchev–Trinajstić information content (AvgIpc) is 3.05. The largest absolute Gasteiger partial charge is 0.395 e. The molecule has 1 N–H and O–H groups in total. The lowest BCUT2D eigenvalue weighted by atomic mass is 10.2. The van der Waals surface area contributed by atoms with Crippen LogP contribution in [0.1, 0.15) is 18.1 Å². The Morgan fingerprint density at radius 3 is 2.58 bits per heavy atom. The molecule has 0 fully saturated rings. The lowest BCUT2D eigenvalue weighted by Gasteiger charge is -2.22. The van der Waals surface area contributed by atoms with Crippen LogP contribution in [0.2, 0.25) is 0 Å². The summed E-state index contributed by atoms with van der Waals surface area (Å²) < 4.78 is 27.4. The molecule has 0 aliphatic carbocycles. The molecule has 7 heteroatoms. The molecule has 26 heavy (non-hydrogen) atoms. The van der Waals surface area contributed by atoms with Crippen LogP contribution in [0.15, 0.2) is 53.4 Å². The van der Waals surface area contributed by atoms with Crippen molar-refractivity contribution in [3.05, 3.63) is 59.7 Å². The first-order valence-corrected chi connectivity index (χ1v) is 9.93. The van der Waals surface area contributed by atoms with Gasteiger partial charge in [0.15, 0.2) is 0 Å². The van der Waals surface area contributed by atoms with E-state index in [0.29, 0.717) is 13.0 Å². The molecule has 138 valence electrons. The fourth-order valence-electron chi connectivity index (χ4n) is 3.20. The van der Waals surface area contributed by atoms with Crippen molar-refractivity contribution >= 4 is 21.6 Å². The van der Waals surface area contributed by atoms with Gasteiger partial charge < -0.3 is 10.0 Å². The van der Waals surface area contributed by atoms with E-state index >= 15 is 0 Å². The van der Waals surface area contributed by atoms with E-state index in [9.17, 15) is 18.3 Å². The van der Waals surface area contributed by atoms with Crippen molar-refractivity contribution < 1.29 is 18.3 Å². The van der Waals surface area contributed by atoms with Crippen LogP contribution in [-0.2, 0) is 27.8 Å². The minimum Gasteiger partial charge on any atom is -0.395 e. The van der Waals surface area contributed by atoms with Crippen LogP contribution in [0.25, 0.3) is 0 Å². The number of carbonyl (C=O) groups is 1. The molecule has 0 atom stereocenters. The fourth-order valence-corrected chi connectivity index (χ4v) is 4.67. The van der Waals surface area contributed by atoms with Crippen LogP contribution < -0.4 is 4.90 Å². The number of hydrogen-bond donors (Lipinski definition) is 1. The van der Waals surface area contributed by atoms with Crippen molar-refractivity contribution in [3.63, 3.8) is 0 Å². The summed E-state index contributed by atoms with van der Waals surface area (Å²) >= 11 is 0. The first-order valence-electron chi connectivity index (χ1n) is 8.49. The minimum atomic E-state index is -3.75. The highest BCUT2D eigenvalue weighted by Gasteiger charge is 2.28. The van der Waals surface area contributed by atoms with Crippen molar-refractivity contribution in [3.8, 4) is 0 Å². The normalized spacial score (nSPS) is 13.9. The SMILES string of the molecule is CC(=O)N1CCc2cc(S(=O)(=O)N(CCO)Cc3ccccc3)ccc21. The highest BCUT2D eigenvalue weighted by atomic mass is 32.2. The van der Waals surface area contributed by atoms with Gasteiger partial charge in [-0.2, -0.15) is 4.31 Å². The minimum absolute atomic E-state index is 0.0217. The first-order chi connectivity index (χ1) is 12.4. The van der Waals surface area contributed by atoms with Gasteiger partial charge in [-0.05, 0) is 35.7 Å². The van der Waals surface area contributed by atoms with E-state index in [1.807, 2.05) is 30.3 Å². The maximum Gasteiger partial charge on any atom is 0.243 e. The summed E-state index contributed by atoms with van der Waals surface area (Å²) in [5.74, 6) is -0.0506. The molecule has 0 unspecified atom stereocenters. The second-order valence-corrected chi connectivity index (χ2v) is 8.20. The van der Waals surface area contributed by atoms with Gasteiger partial charge in [0.1, 0.15) is 0 Å². The van der Waals surface area contributed by atoms with Gasteiger partial charge >= 0.3 is 0 Å². The Kier molecular flexibility index (Phi) is 5.41. The van der Waals surface area contributed by atoms with Gasteiger partial charge in [0.25, 0.3) is 0 Å². The Morgan fingerprint density at radius 1 is 1.19 bits per heavy atom. The van der Waals surface area contributed by atoms with Crippen LogP contribution in [0.3, 0.4) is 0 Å². The summed E-state index contributed by atoms with van der Waals surface area (Å²) in [6.07, 6.45) is 0.636. The van der Waals surface area contributed by atoms with Crippen molar-refractivity contribution in [2.24, 2.45) is 0 Å². The number of fused-ring (bicyclic) bond motifs is 1. The predicted octanol–water partition coefficient (Wildman–Crippen LogP) is 1.78. The van der Waals surface area contributed by atoms with E-state index in [4.69, 9.17) is 0 Å². The molecule has 0 radical (unpaired) electrons. The maximum atomic E-state index is 13.1. The summed E-state index contributed by atoms with van der Waals surface area (Å²) in [5, 5.41) is 9.33. The first kappa shape index (κ1) is 18.6. The Labute approximate surface area is 153 Å². The Hall–Kier alpha value is -2.22. The number of aliphatic hydroxyl groups excluding tert-OH is 1. The maximum absolute atomic E-state index is 13.1. The number of benzene rings is 2. The second kappa shape index (κ2) is 7.57. The number of carbonyl (C=O) groups excluding carboxylic acids is 1. The highest BCUT2D eigenvalue weighted by Crippen LogP contribution is 2.31. The quantitative estimate of drug-likeness (QED) is 0.836. The van der Waals surface area contributed by atoms with Crippen molar-refractivity contribution in [2.75, 3.05) is 24.6 Å². The number of amides is 1. The summed E-state index contributed by atoms with van der Waals surface area (Å²) in [6.45, 7) is 2.03. The molecule has 6 nitrogen and oxygen atoms in total. The van der Waals surface area contributed by atoms with E-state index in [0.717, 1.165) is 16.8 Å².